The summed E-state index contributed by atoms with van der Waals surface area (Å²) in [6, 6.07) is 4.31. The zero-order valence-corrected chi connectivity index (χ0v) is 12.1. The molecule has 2 unspecified atom stereocenters. The number of nitrogens with one attached hydrogen (secondary N) is 2. The normalized spacial score (nSPS) is 19.8. The summed E-state index contributed by atoms with van der Waals surface area (Å²) >= 11 is 0. The molecule has 2 rings (SSSR count). The maximum Gasteiger partial charge on any atom is 0.272 e. The van der Waals surface area contributed by atoms with Crippen LogP contribution in [-0.2, 0) is 9.53 Å². The zero-order chi connectivity index (χ0) is 15.4. The minimum Gasteiger partial charge on any atom is -0.378 e. The van der Waals surface area contributed by atoms with Gasteiger partial charge >= 0.3 is 0 Å². The fourth-order valence-electron chi connectivity index (χ4n) is 2.22. The van der Waals surface area contributed by atoms with Gasteiger partial charge in [-0.05, 0) is 19.4 Å². The molecule has 0 bridgehead atoms. The molecule has 1 amide bonds. The molecule has 2 atom stereocenters. The second-order valence-electron chi connectivity index (χ2n) is 5.11. The highest BCUT2D eigenvalue weighted by Crippen LogP contribution is 2.23. The Labute approximate surface area is 122 Å². The van der Waals surface area contributed by atoms with E-state index in [9.17, 15) is 14.9 Å². The topological polar surface area (TPSA) is 93.5 Å². The summed E-state index contributed by atoms with van der Waals surface area (Å²) in [6.45, 7) is 5.07. The van der Waals surface area contributed by atoms with Gasteiger partial charge in [-0.2, -0.15) is 0 Å². The van der Waals surface area contributed by atoms with Crippen molar-refractivity contribution in [1.29, 1.82) is 0 Å². The number of nitro groups is 1. The lowest BCUT2D eigenvalue weighted by atomic mass is 10.0. The van der Waals surface area contributed by atoms with E-state index in [0.717, 1.165) is 0 Å². The third-order valence-electron chi connectivity index (χ3n) is 3.53. The molecule has 21 heavy (non-hydrogen) atoms. The van der Waals surface area contributed by atoms with Crippen LogP contribution in [-0.4, -0.2) is 36.6 Å². The summed E-state index contributed by atoms with van der Waals surface area (Å²) in [5.41, 5.74) is 1.37. The van der Waals surface area contributed by atoms with Crippen LogP contribution < -0.4 is 10.6 Å². The van der Waals surface area contributed by atoms with Gasteiger partial charge in [-0.1, -0.05) is 12.1 Å². The van der Waals surface area contributed by atoms with E-state index in [1.165, 1.54) is 6.07 Å². The monoisotopic (exact) mass is 293 g/mol. The molecule has 0 aliphatic carbocycles. The standard InChI is InChI=1S/C14H19N3O4/c1-9-3-4-11(7-13(9)17(19)20)10(2)16-14(18)12-8-21-6-5-15-12/h3-4,7,10,12,15H,5-6,8H2,1-2H3,(H,16,18). The van der Waals surface area contributed by atoms with Crippen molar-refractivity contribution >= 4 is 11.6 Å². The first-order valence-corrected chi connectivity index (χ1v) is 6.85. The average Bonchev–Trinajstić information content (AvgIpc) is 2.48. The van der Waals surface area contributed by atoms with E-state index in [1.54, 1.807) is 26.0 Å². The zero-order valence-electron chi connectivity index (χ0n) is 12.1. The highest BCUT2D eigenvalue weighted by atomic mass is 16.6. The molecule has 2 N–H and O–H groups in total. The van der Waals surface area contributed by atoms with Crippen LogP contribution >= 0.6 is 0 Å². The number of carbonyl (C=O) groups excluding carboxylic acids is 1. The van der Waals surface area contributed by atoms with Crippen molar-refractivity contribution in [1.82, 2.24) is 10.6 Å². The lowest BCUT2D eigenvalue weighted by Gasteiger charge is -2.25. The van der Waals surface area contributed by atoms with Gasteiger partial charge in [-0.3, -0.25) is 14.9 Å². The van der Waals surface area contributed by atoms with E-state index in [2.05, 4.69) is 10.6 Å². The average molecular weight is 293 g/mol. The minimum atomic E-state index is -0.413. The van der Waals surface area contributed by atoms with Crippen molar-refractivity contribution in [2.45, 2.75) is 25.9 Å². The maximum atomic E-state index is 12.1. The fourth-order valence-corrected chi connectivity index (χ4v) is 2.22. The molecule has 1 aromatic carbocycles. The van der Waals surface area contributed by atoms with Crippen LogP contribution in [0.25, 0.3) is 0 Å². The number of amides is 1. The Bertz CT molecular complexity index is 541. The van der Waals surface area contributed by atoms with Gasteiger partial charge in [0.1, 0.15) is 6.04 Å². The van der Waals surface area contributed by atoms with Crippen molar-refractivity contribution in [3.05, 3.63) is 39.4 Å². The summed E-state index contributed by atoms with van der Waals surface area (Å²) in [5, 5.41) is 16.9. The minimum absolute atomic E-state index is 0.0627. The number of hydrogen-bond acceptors (Lipinski definition) is 5. The number of aryl methyl sites for hydroxylation is 1. The van der Waals surface area contributed by atoms with Crippen LogP contribution in [0.3, 0.4) is 0 Å². The van der Waals surface area contributed by atoms with Gasteiger partial charge in [0.05, 0.1) is 24.2 Å². The van der Waals surface area contributed by atoms with Crippen molar-refractivity contribution in [2.24, 2.45) is 0 Å². The summed E-state index contributed by atoms with van der Waals surface area (Å²) in [7, 11) is 0. The molecule has 1 aromatic rings. The van der Waals surface area contributed by atoms with E-state index in [-0.39, 0.29) is 23.7 Å². The molecule has 1 saturated heterocycles. The molecule has 7 heteroatoms. The molecule has 0 spiro atoms. The van der Waals surface area contributed by atoms with Crippen LogP contribution in [0.15, 0.2) is 18.2 Å². The molecular formula is C14H19N3O4. The molecule has 1 fully saturated rings. The third kappa shape index (κ3) is 3.77. The first-order valence-electron chi connectivity index (χ1n) is 6.85. The van der Waals surface area contributed by atoms with Gasteiger partial charge in [0, 0.05) is 18.2 Å². The van der Waals surface area contributed by atoms with Gasteiger partial charge in [0.15, 0.2) is 0 Å². The number of carbonyl (C=O) groups is 1. The predicted molar refractivity (Wildman–Crippen MR) is 77.0 cm³/mol. The lowest BCUT2D eigenvalue weighted by molar-refractivity contribution is -0.385. The first-order chi connectivity index (χ1) is 9.99. The molecule has 114 valence electrons. The molecule has 1 aliphatic heterocycles. The largest absolute Gasteiger partial charge is 0.378 e. The highest BCUT2D eigenvalue weighted by Gasteiger charge is 2.23. The number of ether oxygens (including phenoxy) is 1. The van der Waals surface area contributed by atoms with Crippen molar-refractivity contribution < 1.29 is 14.5 Å². The van der Waals surface area contributed by atoms with E-state index >= 15 is 0 Å². The molecular weight excluding hydrogens is 274 g/mol. The highest BCUT2D eigenvalue weighted by molar-refractivity contribution is 5.82. The number of morpholine rings is 1. The van der Waals surface area contributed by atoms with Gasteiger partial charge < -0.3 is 15.4 Å². The first kappa shape index (κ1) is 15.4. The van der Waals surface area contributed by atoms with E-state index in [0.29, 0.717) is 30.9 Å². The van der Waals surface area contributed by atoms with Gasteiger partial charge in [0.25, 0.3) is 5.69 Å². The second-order valence-corrected chi connectivity index (χ2v) is 5.11. The van der Waals surface area contributed by atoms with Gasteiger partial charge in [-0.25, -0.2) is 0 Å². The van der Waals surface area contributed by atoms with Crippen LogP contribution in [0.4, 0.5) is 5.69 Å². The maximum absolute atomic E-state index is 12.1. The van der Waals surface area contributed by atoms with E-state index in [4.69, 9.17) is 4.74 Å². The van der Waals surface area contributed by atoms with Crippen LogP contribution in [0.5, 0.6) is 0 Å². The Balaban J connectivity index is 2.05. The summed E-state index contributed by atoms with van der Waals surface area (Å²) in [6.07, 6.45) is 0. The number of hydrogen-bond donors (Lipinski definition) is 2. The Kier molecular flexibility index (Phi) is 4.87. The predicted octanol–water partition coefficient (Wildman–Crippen LogP) is 1.07. The SMILES string of the molecule is Cc1ccc(C(C)NC(=O)C2COCCN2)cc1[N+](=O)[O-]. The molecule has 0 aromatic heterocycles. The fraction of sp³-hybridized carbons (Fsp3) is 0.500. The molecule has 7 nitrogen and oxygen atoms in total. The van der Waals surface area contributed by atoms with Crippen molar-refractivity contribution in [3.8, 4) is 0 Å². The van der Waals surface area contributed by atoms with Gasteiger partial charge in [0.2, 0.25) is 5.91 Å². The van der Waals surface area contributed by atoms with Gasteiger partial charge in [-0.15, -0.1) is 0 Å². The Morgan fingerprint density at radius 2 is 2.33 bits per heavy atom. The van der Waals surface area contributed by atoms with E-state index in [1.807, 2.05) is 0 Å². The summed E-state index contributed by atoms with van der Waals surface area (Å²) in [5.74, 6) is -0.162. The Hall–Kier alpha value is -1.99. The van der Waals surface area contributed by atoms with Crippen LogP contribution in [0, 0.1) is 17.0 Å². The quantitative estimate of drug-likeness (QED) is 0.639. The number of nitrogens with zero attached hydrogens (tertiary/aromatic N) is 1. The van der Waals surface area contributed by atoms with Crippen LogP contribution in [0.1, 0.15) is 24.1 Å². The Morgan fingerprint density at radius 1 is 1.57 bits per heavy atom. The number of benzene rings is 1. The van der Waals surface area contributed by atoms with Crippen LogP contribution in [0.2, 0.25) is 0 Å². The smallest absolute Gasteiger partial charge is 0.272 e. The molecule has 1 aliphatic rings. The molecule has 1 heterocycles. The number of rotatable bonds is 4. The molecule has 0 radical (unpaired) electrons. The lowest BCUT2D eigenvalue weighted by Crippen LogP contribution is -2.51. The second kappa shape index (κ2) is 6.64. The summed E-state index contributed by atoms with van der Waals surface area (Å²) in [4.78, 5) is 22.6. The van der Waals surface area contributed by atoms with E-state index < -0.39 is 4.92 Å². The number of nitro benzene ring substituents is 1. The molecule has 0 saturated carbocycles. The third-order valence-corrected chi connectivity index (χ3v) is 3.53. The Morgan fingerprint density at radius 3 is 2.95 bits per heavy atom. The summed E-state index contributed by atoms with van der Waals surface area (Å²) < 4.78 is 5.24. The van der Waals surface area contributed by atoms with Crippen molar-refractivity contribution in [3.63, 3.8) is 0 Å². The van der Waals surface area contributed by atoms with Crippen molar-refractivity contribution in [2.75, 3.05) is 19.8 Å².